The van der Waals surface area contributed by atoms with E-state index in [1.165, 1.54) is 55.6 Å². The molecule has 2 aliphatic heterocycles. The standard InChI is InChI=1S/C30H34ClF3N6O5S/c1-3-23-29(16-22(37-23)27(41)42)9-11-40(12-10-29)24-15-25(39-28(35)38-24)45-26(30(32,33)34)20-8-7-18(31)14-21(20)17-5-4-6-19(13-17)46(43,44)36-2/h4-8,13-15,22-23,26,36-37H,3,9-12,16H2,1-2H3,(H,41,42)(H2,35,38,39)/t22?,23?,26-/m1/s1. The van der Waals surface area contributed by atoms with Crippen LogP contribution in [-0.4, -0.2) is 67.9 Å². The van der Waals surface area contributed by atoms with Crippen LogP contribution >= 0.6 is 11.6 Å². The fourth-order valence-corrected chi connectivity index (χ4v) is 7.45. The molecular formula is C30H34ClF3N6O5S. The van der Waals surface area contributed by atoms with E-state index < -0.39 is 40.2 Å². The minimum absolute atomic E-state index is 0.0156. The van der Waals surface area contributed by atoms with Crippen LogP contribution in [0.15, 0.2) is 53.4 Å². The van der Waals surface area contributed by atoms with E-state index in [0.717, 1.165) is 6.42 Å². The maximum absolute atomic E-state index is 14.7. The molecule has 16 heteroatoms. The molecule has 2 fully saturated rings. The van der Waals surface area contributed by atoms with Gasteiger partial charge in [-0.3, -0.25) is 4.79 Å². The van der Waals surface area contributed by atoms with Crippen molar-refractivity contribution in [2.24, 2.45) is 5.41 Å². The van der Waals surface area contributed by atoms with E-state index in [0.29, 0.717) is 32.4 Å². The van der Waals surface area contributed by atoms with E-state index in [9.17, 15) is 31.5 Å². The van der Waals surface area contributed by atoms with Crippen molar-refractivity contribution < 1.29 is 36.2 Å². The molecule has 5 N–H and O–H groups in total. The van der Waals surface area contributed by atoms with E-state index in [1.807, 2.05) is 11.8 Å². The van der Waals surface area contributed by atoms with Crippen molar-refractivity contribution in [2.45, 2.75) is 61.9 Å². The molecule has 0 radical (unpaired) electrons. The average molecular weight is 683 g/mol. The van der Waals surface area contributed by atoms with E-state index >= 15 is 0 Å². The summed E-state index contributed by atoms with van der Waals surface area (Å²) in [5, 5.41) is 12.9. The Balaban J connectivity index is 1.45. The number of aromatic nitrogens is 2. The molecule has 5 rings (SSSR count). The van der Waals surface area contributed by atoms with E-state index in [2.05, 4.69) is 20.0 Å². The zero-order chi connectivity index (χ0) is 33.4. The maximum atomic E-state index is 14.7. The van der Waals surface area contributed by atoms with Gasteiger partial charge in [-0.25, -0.2) is 13.1 Å². The minimum atomic E-state index is -4.93. The molecule has 2 aliphatic rings. The number of nitrogens with one attached hydrogen (secondary N) is 2. The van der Waals surface area contributed by atoms with Gasteiger partial charge in [-0.15, -0.1) is 0 Å². The number of carboxylic acids is 1. The maximum Gasteiger partial charge on any atom is 0.429 e. The monoisotopic (exact) mass is 682 g/mol. The van der Waals surface area contributed by atoms with Crippen molar-refractivity contribution in [2.75, 3.05) is 30.8 Å². The Bertz CT molecular complexity index is 1720. The van der Waals surface area contributed by atoms with Gasteiger partial charge in [-0.05, 0) is 73.5 Å². The minimum Gasteiger partial charge on any atom is -0.480 e. The fourth-order valence-electron chi connectivity index (χ4n) is 6.51. The summed E-state index contributed by atoms with van der Waals surface area (Å²) in [5.74, 6) is -1.29. The van der Waals surface area contributed by atoms with Crippen molar-refractivity contribution in [1.82, 2.24) is 20.0 Å². The topological polar surface area (TPSA) is 160 Å². The molecule has 1 spiro atoms. The highest BCUT2D eigenvalue weighted by Crippen LogP contribution is 2.46. The van der Waals surface area contributed by atoms with Crippen LogP contribution in [0.2, 0.25) is 5.02 Å². The van der Waals surface area contributed by atoms with Gasteiger partial charge in [-0.2, -0.15) is 23.1 Å². The number of benzene rings is 2. The fraction of sp³-hybridized carbons (Fsp3) is 0.433. The molecule has 0 bridgehead atoms. The Labute approximate surface area is 269 Å². The lowest BCUT2D eigenvalue weighted by Gasteiger charge is -2.43. The summed E-state index contributed by atoms with van der Waals surface area (Å²) >= 11 is 6.19. The number of ether oxygens (including phenoxy) is 1. The molecule has 46 heavy (non-hydrogen) atoms. The van der Waals surface area contributed by atoms with Crippen molar-refractivity contribution in [3.63, 3.8) is 0 Å². The number of hydrogen-bond donors (Lipinski definition) is 4. The largest absolute Gasteiger partial charge is 0.480 e. The zero-order valence-corrected chi connectivity index (χ0v) is 26.6. The number of anilines is 2. The van der Waals surface area contributed by atoms with Gasteiger partial charge in [0.25, 0.3) is 0 Å². The first kappa shape index (κ1) is 33.7. The van der Waals surface area contributed by atoms with Gasteiger partial charge >= 0.3 is 12.1 Å². The Morgan fingerprint density at radius 1 is 1.22 bits per heavy atom. The lowest BCUT2D eigenvalue weighted by atomic mass is 9.71. The third-order valence-corrected chi connectivity index (χ3v) is 10.5. The van der Waals surface area contributed by atoms with Crippen molar-refractivity contribution >= 4 is 39.4 Å². The van der Waals surface area contributed by atoms with Gasteiger partial charge < -0.3 is 25.8 Å². The summed E-state index contributed by atoms with van der Waals surface area (Å²) in [6.45, 7) is 2.97. The van der Waals surface area contributed by atoms with Crippen LogP contribution in [0, 0.1) is 5.41 Å². The van der Waals surface area contributed by atoms with E-state index in [1.54, 1.807) is 0 Å². The molecule has 248 valence electrons. The van der Waals surface area contributed by atoms with Crippen molar-refractivity contribution in [3.05, 3.63) is 59.1 Å². The Hall–Kier alpha value is -3.66. The number of nitrogens with zero attached hydrogens (tertiary/aromatic N) is 3. The number of nitrogens with two attached hydrogens (primary N) is 1. The number of piperidine rings is 1. The van der Waals surface area contributed by atoms with E-state index in [4.69, 9.17) is 22.1 Å². The number of alkyl halides is 3. The summed E-state index contributed by atoms with van der Waals surface area (Å²) in [4.78, 5) is 21.6. The first-order chi connectivity index (χ1) is 21.7. The van der Waals surface area contributed by atoms with Crippen LogP contribution in [0.1, 0.15) is 44.3 Å². The third-order valence-electron chi connectivity index (χ3n) is 8.81. The highest BCUT2D eigenvalue weighted by atomic mass is 35.5. The number of hydrogen-bond acceptors (Lipinski definition) is 9. The smallest absolute Gasteiger partial charge is 0.429 e. The Kier molecular flexibility index (Phi) is 9.42. The van der Waals surface area contributed by atoms with Gasteiger partial charge in [0.05, 0.1) is 4.90 Å². The molecule has 0 saturated carbocycles. The number of sulfonamides is 1. The molecule has 11 nitrogen and oxygen atoms in total. The summed E-state index contributed by atoms with van der Waals surface area (Å²) in [7, 11) is -2.66. The second-order valence-electron chi connectivity index (χ2n) is 11.5. The number of nitrogen functional groups attached to an aromatic ring is 1. The third kappa shape index (κ3) is 6.87. The van der Waals surface area contributed by atoms with E-state index in [-0.39, 0.29) is 49.8 Å². The molecule has 2 unspecified atom stereocenters. The lowest BCUT2D eigenvalue weighted by Crippen LogP contribution is -2.46. The molecule has 0 amide bonds. The van der Waals surface area contributed by atoms with Crippen LogP contribution in [0.25, 0.3) is 11.1 Å². The molecular weight excluding hydrogens is 649 g/mol. The van der Waals surface area contributed by atoms with Gasteiger partial charge in [0.1, 0.15) is 11.9 Å². The number of carboxylic acid groups (broad SMARTS) is 1. The van der Waals surface area contributed by atoms with Crippen LogP contribution < -0.4 is 25.4 Å². The lowest BCUT2D eigenvalue weighted by molar-refractivity contribution is -0.198. The van der Waals surface area contributed by atoms with Crippen LogP contribution in [0.3, 0.4) is 0 Å². The quantitative estimate of drug-likeness (QED) is 0.247. The Morgan fingerprint density at radius 2 is 1.93 bits per heavy atom. The second-order valence-corrected chi connectivity index (χ2v) is 13.8. The number of rotatable bonds is 9. The summed E-state index contributed by atoms with van der Waals surface area (Å²) in [5.41, 5.74) is 5.60. The highest BCUT2D eigenvalue weighted by molar-refractivity contribution is 7.89. The summed E-state index contributed by atoms with van der Waals surface area (Å²) < 4.78 is 76.6. The first-order valence-electron chi connectivity index (χ1n) is 14.6. The van der Waals surface area contributed by atoms with Crippen LogP contribution in [-0.2, 0) is 14.8 Å². The molecule has 1 aromatic heterocycles. The van der Waals surface area contributed by atoms with Crippen LogP contribution in [0.5, 0.6) is 5.88 Å². The first-order valence-corrected chi connectivity index (χ1v) is 16.5. The summed E-state index contributed by atoms with van der Waals surface area (Å²) in [6.07, 6.45) is -4.88. The van der Waals surface area contributed by atoms with Gasteiger partial charge in [0.15, 0.2) is 0 Å². The normalized spacial score (nSPS) is 20.5. The molecule has 2 saturated heterocycles. The summed E-state index contributed by atoms with van der Waals surface area (Å²) in [6, 6.07) is 9.94. The highest BCUT2D eigenvalue weighted by Gasteiger charge is 2.50. The molecule has 3 aromatic rings. The van der Waals surface area contributed by atoms with Crippen LogP contribution in [0.4, 0.5) is 24.9 Å². The predicted octanol–water partition coefficient (Wildman–Crippen LogP) is 4.78. The predicted molar refractivity (Wildman–Crippen MR) is 166 cm³/mol. The second kappa shape index (κ2) is 12.9. The SMILES string of the molecule is CCC1NC(C(=O)O)CC12CCN(c1cc(O[C@H](c3ccc(Cl)cc3-c3cccc(S(=O)(=O)NC)c3)C(F)(F)F)nc(N)n1)CC2. The van der Waals surface area contributed by atoms with Gasteiger partial charge in [0.2, 0.25) is 28.0 Å². The molecule has 0 aliphatic carbocycles. The van der Waals surface area contributed by atoms with Crippen molar-refractivity contribution in [1.29, 1.82) is 0 Å². The average Bonchev–Trinajstić information content (AvgIpc) is 3.37. The number of carbonyl (C=O) groups is 1. The molecule has 2 aromatic carbocycles. The van der Waals surface area contributed by atoms with Gasteiger partial charge in [0, 0.05) is 35.8 Å². The number of halogens is 4. The number of aliphatic carboxylic acids is 1. The Morgan fingerprint density at radius 3 is 2.57 bits per heavy atom. The molecule has 3 atom stereocenters. The zero-order valence-electron chi connectivity index (χ0n) is 25.0. The van der Waals surface area contributed by atoms with Crippen molar-refractivity contribution in [3.8, 4) is 17.0 Å². The van der Waals surface area contributed by atoms with Gasteiger partial charge in [-0.1, -0.05) is 36.7 Å². The molecule has 3 heterocycles.